The molecule has 1 heterocycles. The van der Waals surface area contributed by atoms with Gasteiger partial charge in [0.25, 0.3) is 0 Å². The summed E-state index contributed by atoms with van der Waals surface area (Å²) >= 11 is 0. The maximum absolute atomic E-state index is 14.8. The van der Waals surface area contributed by atoms with Crippen LogP contribution in [0.2, 0.25) is 0 Å². The molecule has 13 heteroatoms. The van der Waals surface area contributed by atoms with Crippen LogP contribution < -0.4 is 9.47 Å². The average molecular weight is 578 g/mol. The van der Waals surface area contributed by atoms with Gasteiger partial charge >= 0.3 is 12.5 Å². The highest BCUT2D eigenvalue weighted by Gasteiger charge is 2.39. The molecule has 0 atom stereocenters. The smallest absolute Gasteiger partial charge is 0.429 e. The molecule has 0 unspecified atom stereocenters. The van der Waals surface area contributed by atoms with Crippen LogP contribution in [0.25, 0.3) is 11.1 Å². The van der Waals surface area contributed by atoms with E-state index < -0.39 is 70.2 Å². The van der Waals surface area contributed by atoms with Crippen molar-refractivity contribution < 1.29 is 58.5 Å². The van der Waals surface area contributed by atoms with E-state index in [2.05, 4.69) is 9.47 Å². The van der Waals surface area contributed by atoms with E-state index in [4.69, 9.17) is 9.47 Å². The van der Waals surface area contributed by atoms with Crippen molar-refractivity contribution in [3.8, 4) is 22.6 Å². The molecule has 1 aliphatic rings. The van der Waals surface area contributed by atoms with E-state index in [1.807, 2.05) is 19.1 Å². The van der Waals surface area contributed by atoms with Crippen molar-refractivity contribution in [3.63, 3.8) is 0 Å². The van der Waals surface area contributed by atoms with Crippen molar-refractivity contribution >= 4 is 0 Å². The lowest BCUT2D eigenvalue weighted by Gasteiger charge is -2.28. The fourth-order valence-corrected chi connectivity index (χ4v) is 3.93. The van der Waals surface area contributed by atoms with Crippen LogP contribution in [0.1, 0.15) is 24.3 Å². The van der Waals surface area contributed by atoms with E-state index in [0.717, 1.165) is 30.3 Å². The minimum absolute atomic E-state index is 0.00398. The molecule has 1 saturated heterocycles. The topological polar surface area (TPSA) is 36.9 Å². The van der Waals surface area contributed by atoms with Gasteiger partial charge in [-0.2, -0.15) is 8.78 Å². The molecular weight excluding hydrogens is 559 g/mol. The van der Waals surface area contributed by atoms with Crippen LogP contribution in [0.3, 0.4) is 0 Å². The predicted octanol–water partition coefficient (Wildman–Crippen LogP) is 8.17. The molecule has 0 aromatic heterocycles. The van der Waals surface area contributed by atoms with E-state index in [1.165, 1.54) is 0 Å². The lowest BCUT2D eigenvalue weighted by atomic mass is 10.0. The monoisotopic (exact) mass is 578 g/mol. The predicted molar refractivity (Wildman–Crippen MR) is 122 cm³/mol. The molecule has 3 aromatic carbocycles. The van der Waals surface area contributed by atoms with Gasteiger partial charge in [-0.05, 0) is 48.9 Å². The Morgan fingerprint density at radius 1 is 0.775 bits per heavy atom. The fourth-order valence-electron chi connectivity index (χ4n) is 3.93. The summed E-state index contributed by atoms with van der Waals surface area (Å²) in [4.78, 5) is 0. The normalized spacial score (nSPS) is 18.2. The molecule has 0 spiro atoms. The lowest BCUT2D eigenvalue weighted by Crippen LogP contribution is -2.27. The molecule has 0 bridgehead atoms. The van der Waals surface area contributed by atoms with Gasteiger partial charge in [-0.1, -0.05) is 18.2 Å². The van der Waals surface area contributed by atoms with E-state index >= 15 is 0 Å². The summed E-state index contributed by atoms with van der Waals surface area (Å²) in [5.74, 6) is -8.75. The Morgan fingerprint density at radius 3 is 1.98 bits per heavy atom. The Morgan fingerprint density at radius 2 is 1.43 bits per heavy atom. The number of ether oxygens (including phenoxy) is 4. The Kier molecular flexibility index (Phi) is 8.36. The van der Waals surface area contributed by atoms with E-state index in [1.54, 1.807) is 0 Å². The summed E-state index contributed by atoms with van der Waals surface area (Å²) in [5, 5.41) is 0. The van der Waals surface area contributed by atoms with Crippen molar-refractivity contribution in [2.24, 2.45) is 5.92 Å². The molecule has 0 saturated carbocycles. The van der Waals surface area contributed by atoms with Crippen molar-refractivity contribution in [3.05, 3.63) is 95.1 Å². The first kappa shape index (κ1) is 29.3. The van der Waals surface area contributed by atoms with Crippen LogP contribution in [0.15, 0.2) is 60.7 Å². The molecule has 0 radical (unpaired) electrons. The van der Waals surface area contributed by atoms with Crippen LogP contribution in [-0.2, 0) is 15.6 Å². The Balaban J connectivity index is 1.50. The Labute approximate surface area is 221 Å². The third-order valence-electron chi connectivity index (χ3n) is 5.68. The summed E-state index contributed by atoms with van der Waals surface area (Å²) in [5.41, 5.74) is -2.12. The van der Waals surface area contributed by atoms with E-state index in [-0.39, 0.29) is 24.7 Å². The third kappa shape index (κ3) is 6.70. The Bertz CT molecular complexity index is 1370. The number of halogens is 9. The number of allylic oxidation sites excluding steroid dienone is 1. The van der Waals surface area contributed by atoms with Crippen LogP contribution in [-0.4, -0.2) is 19.6 Å². The minimum Gasteiger partial charge on any atom is -0.429 e. The number of benzene rings is 3. The molecular formula is C27H19F9O4. The van der Waals surface area contributed by atoms with Gasteiger partial charge in [-0.15, -0.1) is 13.2 Å². The van der Waals surface area contributed by atoms with Crippen LogP contribution in [0.5, 0.6) is 11.5 Å². The minimum atomic E-state index is -5.38. The van der Waals surface area contributed by atoms with Gasteiger partial charge < -0.3 is 18.9 Å². The first-order valence-corrected chi connectivity index (χ1v) is 11.5. The summed E-state index contributed by atoms with van der Waals surface area (Å²) in [6.45, 7) is 2.39. The SMILES string of the molecule is C/C=C/C1COC(c2ccc(C(F)(F)Oc3ccc(-c4cc(F)c(OC(F)(F)F)c(F)c4)c(F)c3)c(F)c2)OC1. The number of alkyl halides is 5. The number of hydrogen-bond acceptors (Lipinski definition) is 4. The quantitative estimate of drug-likeness (QED) is 0.209. The second-order valence-electron chi connectivity index (χ2n) is 8.60. The molecule has 4 nitrogen and oxygen atoms in total. The lowest BCUT2D eigenvalue weighted by molar-refractivity contribution is -0.276. The highest BCUT2D eigenvalue weighted by Crippen LogP contribution is 2.38. The van der Waals surface area contributed by atoms with Gasteiger partial charge in [0, 0.05) is 23.1 Å². The molecule has 214 valence electrons. The van der Waals surface area contributed by atoms with Crippen molar-refractivity contribution in [1.82, 2.24) is 0 Å². The van der Waals surface area contributed by atoms with Gasteiger partial charge in [0.2, 0.25) is 5.75 Å². The van der Waals surface area contributed by atoms with E-state index in [9.17, 15) is 39.5 Å². The molecule has 0 N–H and O–H groups in total. The van der Waals surface area contributed by atoms with Crippen LogP contribution >= 0.6 is 0 Å². The summed E-state index contributed by atoms with van der Waals surface area (Å²) in [6.07, 6.45) is -6.94. The van der Waals surface area contributed by atoms with Gasteiger partial charge in [0.15, 0.2) is 17.9 Å². The van der Waals surface area contributed by atoms with Crippen molar-refractivity contribution in [1.29, 1.82) is 0 Å². The van der Waals surface area contributed by atoms with Crippen LogP contribution in [0.4, 0.5) is 39.5 Å². The zero-order valence-electron chi connectivity index (χ0n) is 20.4. The molecule has 40 heavy (non-hydrogen) atoms. The molecule has 4 rings (SSSR count). The maximum Gasteiger partial charge on any atom is 0.573 e. The van der Waals surface area contributed by atoms with E-state index in [0.29, 0.717) is 18.2 Å². The standard InChI is InChI=1S/C27H19F9O4/c1-2-3-14-12-37-25(38-13-14)15-4-7-19(21(29)8-15)26(32,33)39-17-5-6-18(20(28)11-17)16-9-22(30)24(23(31)10-16)40-27(34,35)36/h2-11,14,25H,12-13H2,1H3/b3-2+. The summed E-state index contributed by atoms with van der Waals surface area (Å²) < 4.78 is 143. The second-order valence-corrected chi connectivity index (χ2v) is 8.60. The van der Waals surface area contributed by atoms with Gasteiger partial charge in [-0.3, -0.25) is 0 Å². The molecule has 1 aliphatic heterocycles. The number of rotatable bonds is 7. The largest absolute Gasteiger partial charge is 0.573 e. The molecule has 1 fully saturated rings. The van der Waals surface area contributed by atoms with Gasteiger partial charge in [-0.25, -0.2) is 17.6 Å². The molecule has 3 aromatic rings. The first-order chi connectivity index (χ1) is 18.8. The highest BCUT2D eigenvalue weighted by atomic mass is 19.4. The molecule has 0 amide bonds. The molecule has 0 aliphatic carbocycles. The van der Waals surface area contributed by atoms with Gasteiger partial charge in [0.1, 0.15) is 17.4 Å². The van der Waals surface area contributed by atoms with Crippen molar-refractivity contribution in [2.75, 3.05) is 13.2 Å². The maximum atomic E-state index is 14.8. The Hall–Kier alpha value is -3.71. The average Bonchev–Trinajstić information content (AvgIpc) is 2.86. The summed E-state index contributed by atoms with van der Waals surface area (Å²) in [7, 11) is 0. The van der Waals surface area contributed by atoms with Crippen LogP contribution in [0, 0.1) is 29.2 Å². The second kappa shape index (κ2) is 11.4. The zero-order valence-corrected chi connectivity index (χ0v) is 20.4. The first-order valence-electron chi connectivity index (χ1n) is 11.5. The highest BCUT2D eigenvalue weighted by molar-refractivity contribution is 5.66. The third-order valence-corrected chi connectivity index (χ3v) is 5.68. The fraction of sp³-hybridized carbons (Fsp3) is 0.259. The number of hydrogen-bond donors (Lipinski definition) is 0. The summed E-state index contributed by atoms with van der Waals surface area (Å²) in [6, 6.07) is 5.51. The van der Waals surface area contributed by atoms with Gasteiger partial charge in [0.05, 0.1) is 18.8 Å². The van der Waals surface area contributed by atoms with Crippen molar-refractivity contribution in [2.45, 2.75) is 25.7 Å². The zero-order chi connectivity index (χ0) is 29.2.